The Hall–Kier alpha value is -0.930. The number of halogens is 2. The fraction of sp³-hybridized carbons (Fsp3) is 0.632. The average Bonchev–Trinajstić information content (AvgIpc) is 3.41. The van der Waals surface area contributed by atoms with Crippen LogP contribution in [0.1, 0.15) is 30.9 Å². The molecule has 1 aliphatic rings. The molecular weight excluding hydrogens is 446 g/mol. The molecule has 1 fully saturated rings. The lowest BCUT2D eigenvalue weighted by Crippen LogP contribution is -2.42. The van der Waals surface area contributed by atoms with Crippen LogP contribution in [0.2, 0.25) is 0 Å². The van der Waals surface area contributed by atoms with E-state index in [0.29, 0.717) is 6.54 Å². The highest BCUT2D eigenvalue weighted by atomic mass is 127. The van der Waals surface area contributed by atoms with Gasteiger partial charge in [-0.25, -0.2) is 4.39 Å². The molecule has 2 rings (SSSR count). The summed E-state index contributed by atoms with van der Waals surface area (Å²) in [6, 6.07) is 6.80. The minimum absolute atomic E-state index is 0. The molecule has 2 N–H and O–H groups in total. The Labute approximate surface area is 173 Å². The summed E-state index contributed by atoms with van der Waals surface area (Å²) < 4.78 is 18.8. The molecule has 1 atom stereocenters. The van der Waals surface area contributed by atoms with E-state index in [1.54, 1.807) is 7.05 Å². The summed E-state index contributed by atoms with van der Waals surface area (Å²) in [6.07, 6.45) is 3.62. The Balaban J connectivity index is 0.00000338. The second-order valence-electron chi connectivity index (χ2n) is 6.78. The molecule has 1 aromatic rings. The van der Waals surface area contributed by atoms with Gasteiger partial charge in [-0.3, -0.25) is 4.99 Å². The van der Waals surface area contributed by atoms with Gasteiger partial charge in [0.25, 0.3) is 0 Å². The Bertz CT molecular complexity index is 535. The van der Waals surface area contributed by atoms with E-state index in [2.05, 4.69) is 20.5 Å². The topological polar surface area (TPSA) is 48.9 Å². The van der Waals surface area contributed by atoms with Crippen LogP contribution in [-0.4, -0.2) is 58.3 Å². The lowest BCUT2D eigenvalue weighted by Gasteiger charge is -2.26. The molecule has 0 spiro atoms. The van der Waals surface area contributed by atoms with Gasteiger partial charge < -0.3 is 20.3 Å². The first kappa shape index (κ1) is 23.1. The van der Waals surface area contributed by atoms with Crippen LogP contribution < -0.4 is 10.6 Å². The number of aliphatic imine (C=N–C) groups is 1. The minimum Gasteiger partial charge on any atom is -0.381 e. The largest absolute Gasteiger partial charge is 0.381 e. The maximum Gasteiger partial charge on any atom is 0.191 e. The molecule has 0 bridgehead atoms. The predicted molar refractivity (Wildman–Crippen MR) is 116 cm³/mol. The van der Waals surface area contributed by atoms with E-state index < -0.39 is 0 Å². The molecule has 0 radical (unpaired) electrons. The monoisotopic (exact) mass is 478 g/mol. The van der Waals surface area contributed by atoms with E-state index in [0.717, 1.165) is 43.6 Å². The van der Waals surface area contributed by atoms with Crippen molar-refractivity contribution in [2.75, 3.05) is 47.4 Å². The minimum atomic E-state index is -0.212. The zero-order valence-electron chi connectivity index (χ0n) is 16.0. The molecule has 0 amide bonds. The van der Waals surface area contributed by atoms with Crippen molar-refractivity contribution >= 4 is 29.9 Å². The molecule has 0 saturated heterocycles. The second-order valence-corrected chi connectivity index (χ2v) is 6.78. The van der Waals surface area contributed by atoms with E-state index in [1.165, 1.54) is 25.0 Å². The fourth-order valence-corrected chi connectivity index (χ4v) is 2.61. The van der Waals surface area contributed by atoms with Gasteiger partial charge >= 0.3 is 0 Å². The van der Waals surface area contributed by atoms with E-state index in [9.17, 15) is 4.39 Å². The first-order valence-corrected chi connectivity index (χ1v) is 9.04. The summed E-state index contributed by atoms with van der Waals surface area (Å²) in [5.41, 5.74) is 1.07. The van der Waals surface area contributed by atoms with Gasteiger partial charge in [-0.1, -0.05) is 12.1 Å². The lowest BCUT2D eigenvalue weighted by molar-refractivity contribution is 0.123. The Morgan fingerprint density at radius 2 is 1.96 bits per heavy atom. The molecule has 5 nitrogen and oxygen atoms in total. The third-order valence-electron chi connectivity index (χ3n) is 4.37. The first-order chi connectivity index (χ1) is 12.1. The highest BCUT2D eigenvalue weighted by Gasteiger charge is 2.20. The molecule has 0 aliphatic heterocycles. The summed E-state index contributed by atoms with van der Waals surface area (Å²) in [4.78, 5) is 6.37. The Kier molecular flexibility index (Phi) is 11.1. The molecule has 1 aliphatic carbocycles. The van der Waals surface area contributed by atoms with E-state index in [-0.39, 0.29) is 35.8 Å². The van der Waals surface area contributed by atoms with Gasteiger partial charge in [-0.05, 0) is 57.0 Å². The van der Waals surface area contributed by atoms with Crippen molar-refractivity contribution in [3.8, 4) is 0 Å². The van der Waals surface area contributed by atoms with Gasteiger partial charge in [0.15, 0.2) is 5.96 Å². The van der Waals surface area contributed by atoms with Crippen LogP contribution in [0.3, 0.4) is 0 Å². The number of nitrogens with one attached hydrogen (secondary N) is 2. The zero-order chi connectivity index (χ0) is 18.1. The van der Waals surface area contributed by atoms with Crippen molar-refractivity contribution in [2.45, 2.75) is 25.3 Å². The van der Waals surface area contributed by atoms with Crippen molar-refractivity contribution in [2.24, 2.45) is 10.9 Å². The number of hydrogen-bond donors (Lipinski definition) is 2. The lowest BCUT2D eigenvalue weighted by atomic mass is 10.1. The molecule has 7 heteroatoms. The van der Waals surface area contributed by atoms with Gasteiger partial charge in [0.05, 0.1) is 6.04 Å². The summed E-state index contributed by atoms with van der Waals surface area (Å²) in [7, 11) is 5.80. The highest BCUT2D eigenvalue weighted by Crippen LogP contribution is 2.28. The van der Waals surface area contributed by atoms with Gasteiger partial charge in [0.2, 0.25) is 0 Å². The quantitative estimate of drug-likeness (QED) is 0.235. The van der Waals surface area contributed by atoms with Crippen LogP contribution in [0.4, 0.5) is 4.39 Å². The molecular formula is C19H32FIN4O. The number of ether oxygens (including phenoxy) is 1. The number of guanidine groups is 1. The average molecular weight is 478 g/mol. The third kappa shape index (κ3) is 8.64. The number of likely N-dealkylation sites (N-methyl/N-ethyl adjacent to an activating group) is 1. The van der Waals surface area contributed by atoms with Crippen LogP contribution in [0, 0.1) is 11.7 Å². The van der Waals surface area contributed by atoms with E-state index in [1.807, 2.05) is 26.2 Å². The predicted octanol–water partition coefficient (Wildman–Crippen LogP) is 3.03. The van der Waals surface area contributed by atoms with Crippen molar-refractivity contribution in [3.63, 3.8) is 0 Å². The molecule has 0 aromatic heterocycles. The second kappa shape index (κ2) is 12.5. The SMILES string of the molecule is CN=C(NCCCOCC1CC1)NCC(c1ccc(F)cc1)N(C)C.I. The fourth-order valence-electron chi connectivity index (χ4n) is 2.61. The Morgan fingerprint density at radius 3 is 2.54 bits per heavy atom. The van der Waals surface area contributed by atoms with E-state index in [4.69, 9.17) is 4.74 Å². The van der Waals surface area contributed by atoms with Crippen molar-refractivity contribution < 1.29 is 9.13 Å². The molecule has 26 heavy (non-hydrogen) atoms. The molecule has 1 saturated carbocycles. The normalized spacial score (nSPS) is 15.5. The maximum absolute atomic E-state index is 13.1. The standard InChI is InChI=1S/C19H31FN4O.HI/c1-21-19(22-11-4-12-25-14-15-5-6-15)23-13-18(24(2)3)16-7-9-17(20)10-8-16;/h7-10,15,18H,4-6,11-14H2,1-3H3,(H2,21,22,23);1H. The zero-order valence-corrected chi connectivity index (χ0v) is 18.3. The third-order valence-corrected chi connectivity index (χ3v) is 4.37. The van der Waals surface area contributed by atoms with Crippen LogP contribution >= 0.6 is 24.0 Å². The van der Waals surface area contributed by atoms with Crippen LogP contribution in [0.5, 0.6) is 0 Å². The summed E-state index contributed by atoms with van der Waals surface area (Å²) in [5, 5.41) is 6.65. The molecule has 0 heterocycles. The van der Waals surface area contributed by atoms with Crippen molar-refractivity contribution in [3.05, 3.63) is 35.6 Å². The van der Waals surface area contributed by atoms with Crippen LogP contribution in [0.25, 0.3) is 0 Å². The maximum atomic E-state index is 13.1. The van der Waals surface area contributed by atoms with Crippen molar-refractivity contribution in [1.82, 2.24) is 15.5 Å². The molecule has 1 aromatic carbocycles. The van der Waals surface area contributed by atoms with Crippen LogP contribution in [0.15, 0.2) is 29.3 Å². The molecule has 1 unspecified atom stereocenters. The number of nitrogens with zero attached hydrogens (tertiary/aromatic N) is 2. The Morgan fingerprint density at radius 1 is 1.27 bits per heavy atom. The van der Waals surface area contributed by atoms with E-state index >= 15 is 0 Å². The first-order valence-electron chi connectivity index (χ1n) is 9.04. The van der Waals surface area contributed by atoms with Gasteiger partial charge in [0.1, 0.15) is 5.82 Å². The number of benzene rings is 1. The summed E-state index contributed by atoms with van der Waals surface area (Å²) in [5.74, 6) is 1.38. The summed E-state index contributed by atoms with van der Waals surface area (Å²) in [6.45, 7) is 3.22. The van der Waals surface area contributed by atoms with Gasteiger partial charge in [-0.15, -0.1) is 24.0 Å². The van der Waals surface area contributed by atoms with Crippen molar-refractivity contribution in [1.29, 1.82) is 0 Å². The number of rotatable bonds is 10. The smallest absolute Gasteiger partial charge is 0.191 e. The van der Waals surface area contributed by atoms with Gasteiger partial charge in [-0.2, -0.15) is 0 Å². The molecule has 148 valence electrons. The van der Waals surface area contributed by atoms with Crippen LogP contribution in [-0.2, 0) is 4.74 Å². The van der Waals surface area contributed by atoms with Gasteiger partial charge in [0, 0.05) is 33.4 Å². The summed E-state index contributed by atoms with van der Waals surface area (Å²) >= 11 is 0. The number of hydrogen-bond acceptors (Lipinski definition) is 3. The highest BCUT2D eigenvalue weighted by molar-refractivity contribution is 14.0.